The summed E-state index contributed by atoms with van der Waals surface area (Å²) >= 11 is 1.83. The van der Waals surface area contributed by atoms with E-state index in [1.807, 2.05) is 11.3 Å². The van der Waals surface area contributed by atoms with Gasteiger partial charge in [-0.2, -0.15) is 0 Å². The Morgan fingerprint density at radius 2 is 1.90 bits per heavy atom. The number of nitrogens with one attached hydrogen (secondary N) is 1. The van der Waals surface area contributed by atoms with Crippen LogP contribution in [-0.2, 0) is 6.54 Å². The third kappa shape index (κ3) is 5.38. The van der Waals surface area contributed by atoms with Crippen molar-refractivity contribution in [3.8, 4) is 0 Å². The van der Waals surface area contributed by atoms with Crippen molar-refractivity contribution in [2.24, 2.45) is 0 Å². The molecule has 0 aliphatic heterocycles. The molecule has 0 aromatic carbocycles. The van der Waals surface area contributed by atoms with E-state index < -0.39 is 0 Å². The molecule has 0 saturated carbocycles. The molecule has 0 aliphatic rings. The van der Waals surface area contributed by atoms with Crippen molar-refractivity contribution in [1.82, 2.24) is 15.2 Å². The second-order valence-corrected chi connectivity index (χ2v) is 6.92. The van der Waals surface area contributed by atoms with E-state index in [1.54, 1.807) is 0 Å². The van der Waals surface area contributed by atoms with Crippen LogP contribution in [0.25, 0.3) is 0 Å². The largest absolute Gasteiger partial charge is 0.350 e. The lowest BCUT2D eigenvalue weighted by Crippen LogP contribution is -2.28. The van der Waals surface area contributed by atoms with Crippen molar-refractivity contribution >= 4 is 16.5 Å². The molecule has 4 nitrogen and oxygen atoms in total. The molecule has 0 radical (unpaired) electrons. The van der Waals surface area contributed by atoms with Crippen LogP contribution >= 0.6 is 11.3 Å². The summed E-state index contributed by atoms with van der Waals surface area (Å²) in [6.07, 6.45) is 1.17. The molecular formula is C15H30N4S. The van der Waals surface area contributed by atoms with Crippen LogP contribution in [0.3, 0.4) is 0 Å². The van der Waals surface area contributed by atoms with Crippen LogP contribution in [0.4, 0.5) is 5.13 Å². The molecule has 1 N–H and O–H groups in total. The molecule has 1 aromatic rings. The molecule has 0 saturated heterocycles. The molecule has 5 heteroatoms. The fourth-order valence-corrected chi connectivity index (χ4v) is 3.09. The zero-order valence-electron chi connectivity index (χ0n) is 13.9. The van der Waals surface area contributed by atoms with Gasteiger partial charge in [-0.25, -0.2) is 4.98 Å². The van der Waals surface area contributed by atoms with E-state index in [1.165, 1.54) is 17.0 Å². The van der Waals surface area contributed by atoms with Gasteiger partial charge in [0.05, 0.1) is 5.69 Å². The van der Waals surface area contributed by atoms with Crippen LogP contribution < -0.4 is 10.2 Å². The highest BCUT2D eigenvalue weighted by atomic mass is 32.1. The van der Waals surface area contributed by atoms with Crippen LogP contribution in [0.5, 0.6) is 0 Å². The zero-order chi connectivity index (χ0) is 15.1. The summed E-state index contributed by atoms with van der Waals surface area (Å²) in [7, 11) is 6.35. The summed E-state index contributed by atoms with van der Waals surface area (Å²) in [4.78, 5) is 10.7. The van der Waals surface area contributed by atoms with Gasteiger partial charge in [0.15, 0.2) is 5.13 Å². The molecule has 116 valence electrons. The number of hydrogen-bond acceptors (Lipinski definition) is 5. The number of aromatic nitrogens is 1. The first kappa shape index (κ1) is 17.4. The lowest BCUT2D eigenvalue weighted by molar-refractivity contribution is 0.416. The summed E-state index contributed by atoms with van der Waals surface area (Å²) in [5.74, 6) is 0.487. The summed E-state index contributed by atoms with van der Waals surface area (Å²) < 4.78 is 0. The Labute approximate surface area is 128 Å². The summed E-state index contributed by atoms with van der Waals surface area (Å²) in [5.41, 5.74) is 1.25. The van der Waals surface area contributed by atoms with Gasteiger partial charge < -0.3 is 15.1 Å². The zero-order valence-corrected chi connectivity index (χ0v) is 14.7. The maximum atomic E-state index is 4.85. The van der Waals surface area contributed by atoms with Gasteiger partial charge >= 0.3 is 0 Å². The minimum atomic E-state index is 0.487. The van der Waals surface area contributed by atoms with Crippen LogP contribution in [0, 0.1) is 0 Å². The fourth-order valence-electron chi connectivity index (χ4n) is 1.92. The third-order valence-corrected chi connectivity index (χ3v) is 4.37. The highest BCUT2D eigenvalue weighted by molar-refractivity contribution is 7.15. The normalized spacial score (nSPS) is 11.6. The van der Waals surface area contributed by atoms with Crippen molar-refractivity contribution < 1.29 is 0 Å². The summed E-state index contributed by atoms with van der Waals surface area (Å²) in [6.45, 7) is 10.7. The molecule has 0 spiro atoms. The highest BCUT2D eigenvalue weighted by Crippen LogP contribution is 2.30. The smallest absolute Gasteiger partial charge is 0.185 e. The molecule has 20 heavy (non-hydrogen) atoms. The summed E-state index contributed by atoms with van der Waals surface area (Å²) in [6, 6.07) is 0. The lowest BCUT2D eigenvalue weighted by atomic mass is 10.1. The third-order valence-electron chi connectivity index (χ3n) is 3.18. The van der Waals surface area contributed by atoms with E-state index in [0.717, 1.165) is 31.3 Å². The van der Waals surface area contributed by atoms with E-state index in [4.69, 9.17) is 4.98 Å². The predicted octanol–water partition coefficient (Wildman–Crippen LogP) is 2.76. The SMILES string of the molecule is CCCNCc1sc(N(C)CCN(C)C)nc1C(C)C. The molecular weight excluding hydrogens is 268 g/mol. The maximum absolute atomic E-state index is 4.85. The second kappa shape index (κ2) is 8.60. The summed E-state index contributed by atoms with van der Waals surface area (Å²) in [5, 5.41) is 4.64. The van der Waals surface area contributed by atoms with E-state index >= 15 is 0 Å². The number of thiazole rings is 1. The Morgan fingerprint density at radius 3 is 2.45 bits per heavy atom. The van der Waals surface area contributed by atoms with Crippen molar-refractivity contribution in [3.63, 3.8) is 0 Å². The van der Waals surface area contributed by atoms with Gasteiger partial charge in [0.25, 0.3) is 0 Å². The number of hydrogen-bond donors (Lipinski definition) is 1. The number of anilines is 1. The molecule has 0 bridgehead atoms. The van der Waals surface area contributed by atoms with E-state index in [9.17, 15) is 0 Å². The minimum absolute atomic E-state index is 0.487. The number of nitrogens with zero attached hydrogens (tertiary/aromatic N) is 3. The molecule has 1 rings (SSSR count). The fraction of sp³-hybridized carbons (Fsp3) is 0.800. The van der Waals surface area contributed by atoms with Crippen LogP contribution in [-0.4, -0.2) is 50.7 Å². The Hall–Kier alpha value is -0.650. The van der Waals surface area contributed by atoms with Gasteiger partial charge in [-0.3, -0.25) is 0 Å². The topological polar surface area (TPSA) is 31.4 Å². The van der Waals surface area contributed by atoms with E-state index in [2.05, 4.69) is 57.0 Å². The van der Waals surface area contributed by atoms with E-state index in [-0.39, 0.29) is 0 Å². The van der Waals surface area contributed by atoms with Crippen LogP contribution in [0.15, 0.2) is 0 Å². The molecule has 0 fully saturated rings. The number of rotatable bonds is 9. The average Bonchev–Trinajstić information content (AvgIpc) is 2.80. The molecule has 0 aliphatic carbocycles. The minimum Gasteiger partial charge on any atom is -0.350 e. The van der Waals surface area contributed by atoms with Crippen molar-refractivity contribution in [2.75, 3.05) is 45.7 Å². The second-order valence-electron chi connectivity index (χ2n) is 5.86. The monoisotopic (exact) mass is 298 g/mol. The molecule has 0 amide bonds. The van der Waals surface area contributed by atoms with Gasteiger partial charge in [-0.1, -0.05) is 20.8 Å². The van der Waals surface area contributed by atoms with Crippen molar-refractivity contribution in [3.05, 3.63) is 10.6 Å². The molecule has 1 heterocycles. The van der Waals surface area contributed by atoms with Gasteiger partial charge in [0.2, 0.25) is 0 Å². The molecule has 0 unspecified atom stereocenters. The first-order valence-corrected chi connectivity index (χ1v) is 8.33. The van der Waals surface area contributed by atoms with Crippen LogP contribution in [0.1, 0.15) is 43.7 Å². The van der Waals surface area contributed by atoms with Crippen molar-refractivity contribution in [2.45, 2.75) is 39.7 Å². The highest BCUT2D eigenvalue weighted by Gasteiger charge is 2.16. The Kier molecular flexibility index (Phi) is 7.48. The number of likely N-dealkylation sites (N-methyl/N-ethyl adjacent to an activating group) is 2. The first-order chi connectivity index (χ1) is 9.45. The van der Waals surface area contributed by atoms with E-state index in [0.29, 0.717) is 5.92 Å². The Bertz CT molecular complexity index is 387. The Morgan fingerprint density at radius 1 is 1.20 bits per heavy atom. The van der Waals surface area contributed by atoms with Gasteiger partial charge in [0.1, 0.15) is 0 Å². The first-order valence-electron chi connectivity index (χ1n) is 7.51. The van der Waals surface area contributed by atoms with Gasteiger partial charge in [-0.05, 0) is 33.0 Å². The van der Waals surface area contributed by atoms with Crippen LogP contribution in [0.2, 0.25) is 0 Å². The Balaban J connectivity index is 2.74. The molecule has 1 aromatic heterocycles. The standard InChI is InChI=1S/C15H30N4S/c1-7-8-16-11-13-14(12(2)3)17-15(20-13)19(6)10-9-18(4)5/h12,16H,7-11H2,1-6H3. The van der Waals surface area contributed by atoms with Gasteiger partial charge in [0, 0.05) is 31.6 Å². The van der Waals surface area contributed by atoms with Crippen molar-refractivity contribution in [1.29, 1.82) is 0 Å². The predicted molar refractivity (Wildman–Crippen MR) is 90.0 cm³/mol. The van der Waals surface area contributed by atoms with Gasteiger partial charge in [-0.15, -0.1) is 11.3 Å². The maximum Gasteiger partial charge on any atom is 0.185 e. The average molecular weight is 298 g/mol. The lowest BCUT2D eigenvalue weighted by Gasteiger charge is -2.18. The quantitative estimate of drug-likeness (QED) is 0.710. The molecule has 0 atom stereocenters.